The summed E-state index contributed by atoms with van der Waals surface area (Å²) in [5.41, 5.74) is 6.00. The second-order valence-corrected chi connectivity index (χ2v) is 16.1. The van der Waals surface area contributed by atoms with E-state index in [0.717, 1.165) is 60.5 Å². The summed E-state index contributed by atoms with van der Waals surface area (Å²) in [6.07, 6.45) is 6.47. The van der Waals surface area contributed by atoms with Crippen LogP contribution in [0, 0.1) is 17.8 Å². The Hall–Kier alpha value is -2.23. The molecule has 3 fully saturated rings. The Morgan fingerprint density at radius 2 is 1.91 bits per heavy atom. The molecule has 0 bridgehead atoms. The summed E-state index contributed by atoms with van der Waals surface area (Å²) in [4.78, 5) is 36.1. The molecule has 0 saturated carbocycles. The highest BCUT2D eigenvalue weighted by Crippen LogP contribution is 2.50. The van der Waals surface area contributed by atoms with Crippen molar-refractivity contribution in [1.29, 1.82) is 0 Å². The molecule has 2 amide bonds. The van der Waals surface area contributed by atoms with E-state index in [2.05, 4.69) is 104 Å². The number of carbonyl (C=O) groups is 2. The molecule has 5 atom stereocenters. The molecule has 3 saturated heterocycles. The van der Waals surface area contributed by atoms with E-state index in [1.54, 1.807) is 11.8 Å². The second kappa shape index (κ2) is 11.6. The van der Waals surface area contributed by atoms with Crippen LogP contribution >= 0.6 is 27.7 Å². The number of piperidine rings is 1. The summed E-state index contributed by atoms with van der Waals surface area (Å²) >= 11 is 5.47. The summed E-state index contributed by atoms with van der Waals surface area (Å²) in [5, 5.41) is 5.01. The van der Waals surface area contributed by atoms with Gasteiger partial charge in [-0.3, -0.25) is 14.5 Å². The van der Waals surface area contributed by atoms with Crippen molar-refractivity contribution in [3.05, 3.63) is 52.3 Å². The molecule has 7 nitrogen and oxygen atoms in total. The predicted molar refractivity (Wildman–Crippen MR) is 180 cm³/mol. The number of halogens is 1. The van der Waals surface area contributed by atoms with Gasteiger partial charge in [-0.25, -0.2) is 0 Å². The van der Waals surface area contributed by atoms with Gasteiger partial charge >= 0.3 is 0 Å². The fraction of sp³-hybridized carbons (Fsp3) is 0.588. The molecule has 1 aromatic carbocycles. The Labute approximate surface area is 269 Å². The lowest BCUT2D eigenvalue weighted by atomic mass is 9.79. The molecule has 4 aliphatic heterocycles. The fourth-order valence-corrected chi connectivity index (χ4v) is 9.91. The number of hydrogen-bond acceptors (Lipinski definition) is 5. The highest BCUT2D eigenvalue weighted by Gasteiger charge is 2.60. The Morgan fingerprint density at radius 1 is 1.16 bits per heavy atom. The number of H-pyrrole nitrogens is 1. The van der Waals surface area contributed by atoms with Gasteiger partial charge in [0.15, 0.2) is 4.87 Å². The molecule has 232 valence electrons. The van der Waals surface area contributed by atoms with E-state index in [1.807, 2.05) is 9.80 Å². The first-order valence-corrected chi connectivity index (χ1v) is 17.6. The van der Waals surface area contributed by atoms with E-state index in [4.69, 9.17) is 0 Å². The van der Waals surface area contributed by atoms with Crippen LogP contribution in [0.15, 0.2) is 41.2 Å². The number of aromatic nitrogens is 1. The molecule has 5 heterocycles. The maximum atomic E-state index is 14.1. The van der Waals surface area contributed by atoms with Gasteiger partial charge in [0.05, 0.1) is 10.6 Å². The zero-order valence-corrected chi connectivity index (χ0v) is 28.8. The minimum atomic E-state index is -0.825. The standard InChI is InChI=1S/C30H36BrN5O2S.C4H10/c1-16(2)30(29(38)36-15-25(37)35-11-6-5-10-23(35)28(36)39-30)33-17(3)18-12-20-19-8-7-9-22-26(19)21(27(31)32-22)13-24(20)34(4)14-18;1-4(2)3/h7-9,12,16,18,23-24,28,32-33H,3,5-6,10-11,13-15H2,1-2,4H3;4H,1-3H3. The van der Waals surface area contributed by atoms with Crippen molar-refractivity contribution in [3.8, 4) is 0 Å². The molecule has 1 aromatic heterocycles. The van der Waals surface area contributed by atoms with E-state index in [9.17, 15) is 9.59 Å². The number of aromatic amines is 1. The maximum absolute atomic E-state index is 14.1. The van der Waals surface area contributed by atoms with Gasteiger partial charge < -0.3 is 20.1 Å². The first kappa shape index (κ1) is 30.8. The van der Waals surface area contributed by atoms with Gasteiger partial charge in [-0.2, -0.15) is 0 Å². The second-order valence-electron chi connectivity index (χ2n) is 13.9. The Kier molecular flexibility index (Phi) is 8.31. The van der Waals surface area contributed by atoms with Crippen molar-refractivity contribution in [2.45, 2.75) is 82.6 Å². The number of hydrogen-bond donors (Lipinski definition) is 2. The number of nitrogens with one attached hydrogen (secondary N) is 2. The van der Waals surface area contributed by atoms with Crippen molar-refractivity contribution in [2.75, 3.05) is 26.7 Å². The quantitative estimate of drug-likeness (QED) is 0.406. The number of benzene rings is 1. The van der Waals surface area contributed by atoms with Crippen LogP contribution in [0.25, 0.3) is 16.5 Å². The number of rotatable bonds is 4. The van der Waals surface area contributed by atoms with Crippen LogP contribution in [-0.4, -0.2) is 80.5 Å². The van der Waals surface area contributed by atoms with E-state index in [-0.39, 0.29) is 41.6 Å². The maximum Gasteiger partial charge on any atom is 0.260 e. The number of thioether (sulfide) groups is 1. The van der Waals surface area contributed by atoms with Crippen LogP contribution in [0.5, 0.6) is 0 Å². The van der Waals surface area contributed by atoms with Gasteiger partial charge in [0.2, 0.25) is 5.91 Å². The number of fused-ring (bicyclic) bond motifs is 5. The van der Waals surface area contributed by atoms with E-state index in [1.165, 1.54) is 22.1 Å². The summed E-state index contributed by atoms with van der Waals surface area (Å²) in [6, 6.07) is 6.90. The molecule has 7 rings (SSSR count). The summed E-state index contributed by atoms with van der Waals surface area (Å²) < 4.78 is 1.08. The molecular formula is C34H46BrN5O2S. The summed E-state index contributed by atoms with van der Waals surface area (Å²) in [7, 11) is 2.20. The molecule has 0 spiro atoms. The van der Waals surface area contributed by atoms with Crippen molar-refractivity contribution in [1.82, 2.24) is 25.0 Å². The highest BCUT2D eigenvalue weighted by molar-refractivity contribution is 9.10. The average molecular weight is 669 g/mol. The first-order valence-electron chi connectivity index (χ1n) is 15.9. The fourth-order valence-electron chi connectivity index (χ4n) is 7.53. The van der Waals surface area contributed by atoms with Crippen LogP contribution in [-0.2, 0) is 16.0 Å². The Balaban J connectivity index is 0.000000777. The summed E-state index contributed by atoms with van der Waals surface area (Å²) in [6.45, 7) is 17.1. The van der Waals surface area contributed by atoms with Gasteiger partial charge in [-0.05, 0) is 83.3 Å². The van der Waals surface area contributed by atoms with Crippen LogP contribution < -0.4 is 5.32 Å². The zero-order chi connectivity index (χ0) is 30.8. The number of carbonyl (C=O) groups excluding carboxylic acids is 2. The molecule has 0 radical (unpaired) electrons. The van der Waals surface area contributed by atoms with Gasteiger partial charge in [0, 0.05) is 41.6 Å². The van der Waals surface area contributed by atoms with E-state index in [0.29, 0.717) is 6.04 Å². The number of likely N-dealkylation sites (N-methyl/N-ethyl adjacent to an activating group) is 1. The van der Waals surface area contributed by atoms with E-state index < -0.39 is 4.87 Å². The molecule has 1 aliphatic carbocycles. The van der Waals surface area contributed by atoms with Crippen LogP contribution in [0.3, 0.4) is 0 Å². The lowest BCUT2D eigenvalue weighted by molar-refractivity contribution is -0.151. The Bertz CT molecular complexity index is 1480. The topological polar surface area (TPSA) is 71.7 Å². The van der Waals surface area contributed by atoms with E-state index >= 15 is 0 Å². The smallest absolute Gasteiger partial charge is 0.260 e. The lowest BCUT2D eigenvalue weighted by Gasteiger charge is -2.46. The zero-order valence-electron chi connectivity index (χ0n) is 26.4. The predicted octanol–water partition coefficient (Wildman–Crippen LogP) is 6.21. The van der Waals surface area contributed by atoms with Crippen molar-refractivity contribution < 1.29 is 9.59 Å². The normalized spacial score (nSPS) is 30.1. The number of amides is 2. The molecule has 43 heavy (non-hydrogen) atoms. The van der Waals surface area contributed by atoms with Crippen molar-refractivity contribution >= 4 is 56.0 Å². The van der Waals surface area contributed by atoms with Gasteiger partial charge in [0.1, 0.15) is 11.9 Å². The van der Waals surface area contributed by atoms with Crippen molar-refractivity contribution in [2.24, 2.45) is 17.8 Å². The minimum Gasteiger partial charge on any atom is -0.366 e. The van der Waals surface area contributed by atoms with Crippen molar-refractivity contribution in [3.63, 3.8) is 0 Å². The molecule has 5 aliphatic rings. The molecular weight excluding hydrogens is 622 g/mol. The third-order valence-electron chi connectivity index (χ3n) is 9.64. The molecule has 2 aromatic rings. The third kappa shape index (κ3) is 5.17. The molecule has 5 unspecified atom stereocenters. The van der Waals surface area contributed by atoms with Gasteiger partial charge in [-0.15, -0.1) is 0 Å². The average Bonchev–Trinajstić information content (AvgIpc) is 3.43. The monoisotopic (exact) mass is 667 g/mol. The van der Waals surface area contributed by atoms with Gasteiger partial charge in [-0.1, -0.05) is 71.2 Å². The SMILES string of the molecule is C=C(NC1(C(C)C)SC2C3CCCCN3C(=O)CN2C1=O)C1C=C2c3cccc4[nH]c(Br)c(c34)CC2N(C)C1.CC(C)C. The van der Waals surface area contributed by atoms with Crippen LogP contribution in [0.1, 0.15) is 65.0 Å². The molecule has 9 heteroatoms. The molecule has 2 N–H and O–H groups in total. The highest BCUT2D eigenvalue weighted by atomic mass is 79.9. The first-order chi connectivity index (χ1) is 20.4. The largest absolute Gasteiger partial charge is 0.366 e. The summed E-state index contributed by atoms with van der Waals surface area (Å²) in [5.74, 6) is 1.06. The Morgan fingerprint density at radius 3 is 2.63 bits per heavy atom. The number of piperazine rings is 1. The minimum absolute atomic E-state index is 0.00336. The lowest BCUT2D eigenvalue weighted by Crippen LogP contribution is -2.62. The van der Waals surface area contributed by atoms with Crippen LogP contribution in [0.4, 0.5) is 0 Å². The van der Waals surface area contributed by atoms with Gasteiger partial charge in [0.25, 0.3) is 5.91 Å². The third-order valence-corrected chi connectivity index (χ3v) is 12.3. The van der Waals surface area contributed by atoms with Crippen LogP contribution in [0.2, 0.25) is 0 Å². The number of nitrogens with zero attached hydrogens (tertiary/aromatic N) is 3.